The Kier molecular flexibility index (Phi) is 5.81. The van der Waals surface area contributed by atoms with Crippen molar-refractivity contribution in [1.82, 2.24) is 9.55 Å². The number of methoxy groups -OCH3 is 2. The molecule has 0 aliphatic rings. The van der Waals surface area contributed by atoms with Crippen molar-refractivity contribution in [3.8, 4) is 11.5 Å². The zero-order valence-electron chi connectivity index (χ0n) is 16.5. The van der Waals surface area contributed by atoms with Crippen molar-refractivity contribution in [1.29, 1.82) is 0 Å². The lowest BCUT2D eigenvalue weighted by atomic mass is 10.1. The predicted octanol–water partition coefficient (Wildman–Crippen LogP) is 3.95. The largest absolute Gasteiger partial charge is 0.496 e. The molecule has 2 aromatic carbocycles. The monoisotopic (exact) mass is 401 g/mol. The lowest BCUT2D eigenvalue weighted by molar-refractivity contribution is 0.402. The quantitative estimate of drug-likeness (QED) is 0.678. The van der Waals surface area contributed by atoms with E-state index in [1.807, 2.05) is 26.0 Å². The second-order valence-electron chi connectivity index (χ2n) is 6.61. The van der Waals surface area contributed by atoms with Crippen molar-refractivity contribution >= 4 is 11.6 Å². The van der Waals surface area contributed by atoms with Crippen LogP contribution in [0.1, 0.15) is 16.7 Å². The predicted molar refractivity (Wildman–Crippen MR) is 106 cm³/mol. The summed E-state index contributed by atoms with van der Waals surface area (Å²) in [6, 6.07) is 6.99. The van der Waals surface area contributed by atoms with Crippen LogP contribution in [0.2, 0.25) is 0 Å². The van der Waals surface area contributed by atoms with Gasteiger partial charge in [-0.2, -0.15) is 4.98 Å². The summed E-state index contributed by atoms with van der Waals surface area (Å²) in [4.78, 5) is 16.2. The molecular formula is C21H21F2N3O3. The molecule has 3 rings (SSSR count). The van der Waals surface area contributed by atoms with Gasteiger partial charge in [-0.25, -0.2) is 8.78 Å². The van der Waals surface area contributed by atoms with E-state index >= 15 is 0 Å². The van der Waals surface area contributed by atoms with E-state index < -0.39 is 17.2 Å². The Bertz CT molecular complexity index is 1090. The van der Waals surface area contributed by atoms with Crippen LogP contribution in [0, 0.1) is 25.5 Å². The molecule has 0 saturated heterocycles. The number of hydrogen-bond acceptors (Lipinski definition) is 5. The van der Waals surface area contributed by atoms with Crippen molar-refractivity contribution in [2.45, 2.75) is 20.4 Å². The van der Waals surface area contributed by atoms with E-state index in [4.69, 9.17) is 9.47 Å². The van der Waals surface area contributed by atoms with Crippen molar-refractivity contribution in [3.63, 3.8) is 0 Å². The van der Waals surface area contributed by atoms with E-state index in [1.165, 1.54) is 25.4 Å². The Morgan fingerprint density at radius 3 is 2.24 bits per heavy atom. The Labute approximate surface area is 166 Å². The topological polar surface area (TPSA) is 65.4 Å². The first kappa shape index (κ1) is 20.3. The highest BCUT2D eigenvalue weighted by atomic mass is 19.1. The normalized spacial score (nSPS) is 10.7. The number of nitrogens with one attached hydrogen (secondary N) is 1. The van der Waals surface area contributed by atoms with Crippen LogP contribution in [0.15, 0.2) is 41.3 Å². The number of benzene rings is 2. The minimum Gasteiger partial charge on any atom is -0.496 e. The number of aromatic nitrogens is 2. The Balaban J connectivity index is 2.05. The van der Waals surface area contributed by atoms with Crippen molar-refractivity contribution < 1.29 is 18.3 Å². The summed E-state index contributed by atoms with van der Waals surface area (Å²) in [6.45, 7) is 3.86. The Morgan fingerprint density at radius 2 is 1.62 bits per heavy atom. The van der Waals surface area contributed by atoms with Crippen LogP contribution in [0.4, 0.5) is 20.4 Å². The maximum absolute atomic E-state index is 13.6. The number of rotatable bonds is 6. The molecule has 0 spiro atoms. The van der Waals surface area contributed by atoms with Gasteiger partial charge < -0.3 is 19.4 Å². The molecular weight excluding hydrogens is 380 g/mol. The average molecular weight is 401 g/mol. The van der Waals surface area contributed by atoms with Gasteiger partial charge in [0.05, 0.1) is 27.0 Å². The van der Waals surface area contributed by atoms with Crippen LogP contribution in [0.25, 0.3) is 0 Å². The molecule has 0 aliphatic carbocycles. The number of hydrogen-bond donors (Lipinski definition) is 1. The van der Waals surface area contributed by atoms with E-state index in [9.17, 15) is 13.6 Å². The number of nitrogens with zero attached hydrogens (tertiary/aromatic N) is 2. The van der Waals surface area contributed by atoms with Crippen LogP contribution in [-0.2, 0) is 6.54 Å². The minimum atomic E-state index is -0.683. The van der Waals surface area contributed by atoms with Gasteiger partial charge in [0, 0.05) is 11.8 Å². The summed E-state index contributed by atoms with van der Waals surface area (Å²) < 4.78 is 39.1. The molecule has 8 heteroatoms. The average Bonchev–Trinajstić information content (AvgIpc) is 2.65. The molecule has 0 atom stereocenters. The first-order valence-electron chi connectivity index (χ1n) is 8.83. The molecule has 1 N–H and O–H groups in total. The van der Waals surface area contributed by atoms with E-state index in [2.05, 4.69) is 10.3 Å². The van der Waals surface area contributed by atoms with Crippen molar-refractivity contribution in [3.05, 3.63) is 75.2 Å². The third kappa shape index (κ3) is 4.53. The van der Waals surface area contributed by atoms with Gasteiger partial charge in [-0.15, -0.1) is 0 Å². The fraction of sp³-hybridized carbons (Fsp3) is 0.238. The minimum absolute atomic E-state index is 0.0232. The van der Waals surface area contributed by atoms with Crippen molar-refractivity contribution in [2.75, 3.05) is 19.5 Å². The SMILES string of the molecule is COc1cc(C)c(Nc2nc(=O)c(OC)cn2Cc2cc(F)cc(F)c2)cc1C. The number of anilines is 2. The van der Waals surface area contributed by atoms with E-state index in [0.29, 0.717) is 5.56 Å². The van der Waals surface area contributed by atoms with Gasteiger partial charge in [0.1, 0.15) is 17.4 Å². The first-order chi connectivity index (χ1) is 13.8. The molecule has 6 nitrogen and oxygen atoms in total. The smallest absolute Gasteiger partial charge is 0.316 e. The lowest BCUT2D eigenvalue weighted by Gasteiger charge is -2.17. The fourth-order valence-corrected chi connectivity index (χ4v) is 3.00. The van der Waals surface area contributed by atoms with E-state index in [1.54, 1.807) is 11.7 Å². The van der Waals surface area contributed by atoms with Gasteiger partial charge in [0.15, 0.2) is 0 Å². The third-order valence-corrected chi connectivity index (χ3v) is 4.45. The van der Waals surface area contributed by atoms with Crippen molar-refractivity contribution in [2.24, 2.45) is 0 Å². The molecule has 29 heavy (non-hydrogen) atoms. The Hall–Kier alpha value is -3.42. The number of ether oxygens (including phenoxy) is 2. The summed E-state index contributed by atoms with van der Waals surface area (Å²) in [5, 5.41) is 3.13. The zero-order valence-corrected chi connectivity index (χ0v) is 16.5. The maximum Gasteiger partial charge on any atom is 0.316 e. The fourth-order valence-electron chi connectivity index (χ4n) is 3.00. The summed E-state index contributed by atoms with van der Waals surface area (Å²) in [7, 11) is 2.95. The Morgan fingerprint density at radius 1 is 0.966 bits per heavy atom. The number of aryl methyl sites for hydroxylation is 2. The highest BCUT2D eigenvalue weighted by Gasteiger charge is 2.13. The summed E-state index contributed by atoms with van der Waals surface area (Å²) >= 11 is 0. The summed E-state index contributed by atoms with van der Waals surface area (Å²) in [5.74, 6) is -0.388. The molecule has 0 bridgehead atoms. The molecule has 3 aromatic rings. The van der Waals surface area contributed by atoms with Gasteiger partial charge in [-0.1, -0.05) is 0 Å². The molecule has 1 heterocycles. The maximum atomic E-state index is 13.6. The standard InChI is InChI=1S/C21H21F2N3O3/c1-12-6-18(28-3)13(2)5-17(12)24-21-25-20(27)19(29-4)11-26(21)10-14-7-15(22)9-16(23)8-14/h5-9,11H,10H2,1-4H3,(H,24,25,27). The second-order valence-corrected chi connectivity index (χ2v) is 6.61. The molecule has 152 valence electrons. The highest BCUT2D eigenvalue weighted by Crippen LogP contribution is 2.28. The molecule has 0 fully saturated rings. The number of halogens is 2. The first-order valence-corrected chi connectivity index (χ1v) is 8.83. The van der Waals surface area contributed by atoms with Gasteiger partial charge in [0.25, 0.3) is 0 Å². The third-order valence-electron chi connectivity index (χ3n) is 4.45. The van der Waals surface area contributed by atoms with Crippen LogP contribution in [0.3, 0.4) is 0 Å². The van der Waals surface area contributed by atoms with Crippen LogP contribution >= 0.6 is 0 Å². The molecule has 0 unspecified atom stereocenters. The van der Waals surface area contributed by atoms with Crippen LogP contribution < -0.4 is 20.3 Å². The zero-order chi connectivity index (χ0) is 21.1. The van der Waals surface area contributed by atoms with Gasteiger partial charge in [-0.3, -0.25) is 4.79 Å². The van der Waals surface area contributed by atoms with E-state index in [0.717, 1.165) is 28.6 Å². The molecule has 1 aromatic heterocycles. The summed E-state index contributed by atoms with van der Waals surface area (Å²) in [5.41, 5.74) is 2.32. The molecule has 0 aliphatic heterocycles. The van der Waals surface area contributed by atoms with Gasteiger partial charge >= 0.3 is 5.56 Å². The lowest BCUT2D eigenvalue weighted by Crippen LogP contribution is -2.19. The van der Waals surface area contributed by atoms with Gasteiger partial charge in [0.2, 0.25) is 11.7 Å². The highest BCUT2D eigenvalue weighted by molar-refractivity contribution is 5.62. The van der Waals surface area contributed by atoms with Gasteiger partial charge in [-0.05, 0) is 54.8 Å². The van der Waals surface area contributed by atoms with Crippen LogP contribution in [-0.4, -0.2) is 23.8 Å². The molecule has 0 saturated carbocycles. The molecule has 0 radical (unpaired) electrons. The van der Waals surface area contributed by atoms with E-state index in [-0.39, 0.29) is 18.2 Å². The van der Waals surface area contributed by atoms with Crippen LogP contribution in [0.5, 0.6) is 11.5 Å². The second kappa shape index (κ2) is 8.30. The molecule has 0 amide bonds. The summed E-state index contributed by atoms with van der Waals surface area (Å²) in [6.07, 6.45) is 1.45.